The molecule has 2 aromatic heterocycles. The Balaban J connectivity index is 1.28. The highest BCUT2D eigenvalue weighted by Crippen LogP contribution is 2.22. The van der Waals surface area contributed by atoms with E-state index in [2.05, 4.69) is 27.0 Å². The van der Waals surface area contributed by atoms with Crippen molar-refractivity contribution in [3.05, 3.63) is 76.3 Å². The largest absolute Gasteiger partial charge is 0.349 e. The Hall–Kier alpha value is -3.45. The molecule has 31 heavy (non-hydrogen) atoms. The fourth-order valence-corrected chi connectivity index (χ4v) is 4.26. The first-order chi connectivity index (χ1) is 15.1. The molecule has 0 atom stereocenters. The molecule has 0 bridgehead atoms. The lowest BCUT2D eigenvalue weighted by Gasteiger charge is -2.34. The third-order valence-electron chi connectivity index (χ3n) is 6.01. The minimum Gasteiger partial charge on any atom is -0.349 e. The summed E-state index contributed by atoms with van der Waals surface area (Å²) in [6.45, 7) is 5.90. The SMILES string of the molecule is Cc1ccc2[nH]c3c(=O)n(CC(=O)N4CCN(Cc5ccccc5)CC4)cnc3c2c1. The van der Waals surface area contributed by atoms with Gasteiger partial charge in [-0.15, -0.1) is 0 Å². The van der Waals surface area contributed by atoms with Crippen LogP contribution in [0.3, 0.4) is 0 Å². The lowest BCUT2D eigenvalue weighted by atomic mass is 10.2. The first kappa shape index (κ1) is 19.5. The predicted octanol–water partition coefficient (Wildman–Crippen LogP) is 2.53. The van der Waals surface area contributed by atoms with Gasteiger partial charge in [0.15, 0.2) is 0 Å². The zero-order valence-corrected chi connectivity index (χ0v) is 17.5. The van der Waals surface area contributed by atoms with Gasteiger partial charge in [0.25, 0.3) is 5.56 Å². The molecule has 3 heterocycles. The van der Waals surface area contributed by atoms with Gasteiger partial charge in [0.05, 0.1) is 6.33 Å². The number of fused-ring (bicyclic) bond motifs is 3. The molecule has 158 valence electrons. The Morgan fingerprint density at radius 3 is 2.61 bits per heavy atom. The molecule has 1 amide bonds. The van der Waals surface area contributed by atoms with Crippen LogP contribution in [0, 0.1) is 6.92 Å². The van der Waals surface area contributed by atoms with Gasteiger partial charge in [0.1, 0.15) is 17.6 Å². The van der Waals surface area contributed by atoms with Crippen LogP contribution in [-0.2, 0) is 17.9 Å². The standard InChI is InChI=1S/C24H25N5O2/c1-17-7-8-20-19(13-17)22-23(26-20)24(31)29(16-25-22)15-21(30)28-11-9-27(10-12-28)14-18-5-3-2-4-6-18/h2-8,13,16,26H,9-12,14-15H2,1H3. The van der Waals surface area contributed by atoms with Crippen molar-refractivity contribution in [2.24, 2.45) is 0 Å². The van der Waals surface area contributed by atoms with Crippen LogP contribution in [0.5, 0.6) is 0 Å². The first-order valence-corrected chi connectivity index (χ1v) is 10.6. The molecule has 7 heteroatoms. The van der Waals surface area contributed by atoms with E-state index in [1.807, 2.05) is 48.2 Å². The number of amides is 1. The molecular formula is C24H25N5O2. The van der Waals surface area contributed by atoms with E-state index < -0.39 is 0 Å². The van der Waals surface area contributed by atoms with Gasteiger partial charge in [0, 0.05) is 43.6 Å². The maximum Gasteiger partial charge on any atom is 0.278 e. The van der Waals surface area contributed by atoms with Gasteiger partial charge in [-0.2, -0.15) is 0 Å². The third-order valence-corrected chi connectivity index (χ3v) is 6.01. The van der Waals surface area contributed by atoms with Gasteiger partial charge in [-0.25, -0.2) is 4.98 Å². The second-order valence-corrected chi connectivity index (χ2v) is 8.22. The molecule has 0 aliphatic carbocycles. The van der Waals surface area contributed by atoms with Crippen molar-refractivity contribution in [3.63, 3.8) is 0 Å². The minimum absolute atomic E-state index is 0.00878. The summed E-state index contributed by atoms with van der Waals surface area (Å²) in [5, 5.41) is 0.931. The minimum atomic E-state index is -0.213. The average Bonchev–Trinajstić information content (AvgIpc) is 3.15. The van der Waals surface area contributed by atoms with Crippen molar-refractivity contribution in [1.82, 2.24) is 24.3 Å². The molecule has 1 N–H and O–H groups in total. The van der Waals surface area contributed by atoms with E-state index in [9.17, 15) is 9.59 Å². The highest BCUT2D eigenvalue weighted by Gasteiger charge is 2.22. The van der Waals surface area contributed by atoms with E-state index in [0.29, 0.717) is 24.1 Å². The van der Waals surface area contributed by atoms with Gasteiger partial charge < -0.3 is 9.88 Å². The van der Waals surface area contributed by atoms with Gasteiger partial charge in [-0.1, -0.05) is 42.0 Å². The lowest BCUT2D eigenvalue weighted by molar-refractivity contribution is -0.133. The summed E-state index contributed by atoms with van der Waals surface area (Å²) < 4.78 is 1.41. The van der Waals surface area contributed by atoms with Crippen molar-refractivity contribution in [2.75, 3.05) is 26.2 Å². The van der Waals surface area contributed by atoms with Crippen molar-refractivity contribution >= 4 is 27.8 Å². The maximum absolute atomic E-state index is 13.0. The summed E-state index contributed by atoms with van der Waals surface area (Å²) >= 11 is 0. The Morgan fingerprint density at radius 2 is 1.84 bits per heavy atom. The van der Waals surface area contributed by atoms with Crippen LogP contribution < -0.4 is 5.56 Å². The molecule has 2 aromatic carbocycles. The average molecular weight is 415 g/mol. The lowest BCUT2D eigenvalue weighted by Crippen LogP contribution is -2.49. The molecule has 7 nitrogen and oxygen atoms in total. The number of nitrogens with zero attached hydrogens (tertiary/aromatic N) is 4. The van der Waals surface area contributed by atoms with Crippen LogP contribution in [0.15, 0.2) is 59.7 Å². The van der Waals surface area contributed by atoms with Crippen LogP contribution in [-0.4, -0.2) is 56.4 Å². The number of carbonyl (C=O) groups excluding carboxylic acids is 1. The number of hydrogen-bond donors (Lipinski definition) is 1. The number of hydrogen-bond acceptors (Lipinski definition) is 4. The molecule has 0 unspecified atom stereocenters. The fraction of sp³-hybridized carbons (Fsp3) is 0.292. The van der Waals surface area contributed by atoms with E-state index in [4.69, 9.17) is 0 Å². The van der Waals surface area contributed by atoms with Gasteiger partial charge in [0.2, 0.25) is 5.91 Å². The number of aromatic amines is 1. The number of benzene rings is 2. The Bertz CT molecular complexity index is 1300. The van der Waals surface area contributed by atoms with Crippen LogP contribution in [0.4, 0.5) is 0 Å². The summed E-state index contributed by atoms with van der Waals surface area (Å²) in [6, 6.07) is 16.3. The third kappa shape index (κ3) is 3.84. The van der Waals surface area contributed by atoms with Gasteiger partial charge in [-0.3, -0.25) is 19.1 Å². The zero-order valence-electron chi connectivity index (χ0n) is 17.5. The molecule has 5 rings (SSSR count). The number of carbonyl (C=O) groups is 1. The number of aromatic nitrogens is 3. The second-order valence-electron chi connectivity index (χ2n) is 8.22. The number of nitrogens with one attached hydrogen (secondary N) is 1. The summed E-state index contributed by atoms with van der Waals surface area (Å²) in [5.41, 5.74) is 4.16. The van der Waals surface area contributed by atoms with E-state index in [0.717, 1.165) is 36.1 Å². The molecule has 1 aliphatic heterocycles. The van der Waals surface area contributed by atoms with Crippen LogP contribution in [0.2, 0.25) is 0 Å². The smallest absolute Gasteiger partial charge is 0.278 e. The summed E-state index contributed by atoms with van der Waals surface area (Å²) in [4.78, 5) is 37.7. The van der Waals surface area contributed by atoms with Crippen LogP contribution in [0.1, 0.15) is 11.1 Å². The molecule has 0 spiro atoms. The van der Waals surface area contributed by atoms with E-state index in [-0.39, 0.29) is 18.0 Å². The topological polar surface area (TPSA) is 74.2 Å². The van der Waals surface area contributed by atoms with Crippen LogP contribution in [0.25, 0.3) is 21.9 Å². The highest BCUT2D eigenvalue weighted by molar-refractivity contribution is 6.04. The van der Waals surface area contributed by atoms with E-state index in [1.54, 1.807) is 0 Å². The summed E-state index contributed by atoms with van der Waals surface area (Å²) in [7, 11) is 0. The van der Waals surface area contributed by atoms with E-state index in [1.165, 1.54) is 16.5 Å². The monoisotopic (exact) mass is 415 g/mol. The summed E-state index contributed by atoms with van der Waals surface area (Å²) in [5.74, 6) is -0.0467. The molecular weight excluding hydrogens is 390 g/mol. The normalized spacial score (nSPS) is 15.1. The highest BCUT2D eigenvalue weighted by atomic mass is 16.2. The Labute approximate surface area is 179 Å². The zero-order chi connectivity index (χ0) is 21.4. The van der Waals surface area contributed by atoms with Crippen molar-refractivity contribution in [3.8, 4) is 0 Å². The predicted molar refractivity (Wildman–Crippen MR) is 121 cm³/mol. The van der Waals surface area contributed by atoms with Gasteiger partial charge >= 0.3 is 0 Å². The van der Waals surface area contributed by atoms with Crippen molar-refractivity contribution in [2.45, 2.75) is 20.0 Å². The Kier molecular flexibility index (Phi) is 5.03. The van der Waals surface area contributed by atoms with E-state index >= 15 is 0 Å². The molecule has 4 aromatic rings. The van der Waals surface area contributed by atoms with Gasteiger partial charge in [-0.05, 0) is 24.6 Å². The summed E-state index contributed by atoms with van der Waals surface area (Å²) in [6.07, 6.45) is 1.49. The maximum atomic E-state index is 13.0. The van der Waals surface area contributed by atoms with Crippen molar-refractivity contribution < 1.29 is 4.79 Å². The number of piperazine rings is 1. The first-order valence-electron chi connectivity index (χ1n) is 10.6. The molecule has 1 saturated heterocycles. The fourth-order valence-electron chi connectivity index (χ4n) is 4.26. The van der Waals surface area contributed by atoms with Crippen LogP contribution >= 0.6 is 0 Å². The molecule has 1 aliphatic rings. The number of H-pyrrole nitrogens is 1. The van der Waals surface area contributed by atoms with Crippen molar-refractivity contribution in [1.29, 1.82) is 0 Å². The quantitative estimate of drug-likeness (QED) is 0.556. The second kappa shape index (κ2) is 8.00. The molecule has 0 radical (unpaired) electrons. The molecule has 0 saturated carbocycles. The molecule has 1 fully saturated rings. The Morgan fingerprint density at radius 1 is 1.06 bits per heavy atom. The number of aryl methyl sites for hydroxylation is 1. The number of rotatable bonds is 4.